The first-order valence-electron chi connectivity index (χ1n) is 19.9. The lowest BCUT2D eigenvalue weighted by molar-refractivity contribution is -0.261. The van der Waals surface area contributed by atoms with E-state index < -0.39 is 110 Å². The minimum atomic E-state index is -1.40. The van der Waals surface area contributed by atoms with Gasteiger partial charge in [0, 0.05) is 31.6 Å². The predicted octanol–water partition coefficient (Wildman–Crippen LogP) is -4.81. The Bertz CT molecular complexity index is 1310. The molecule has 3 saturated heterocycles. The number of benzene rings is 1. The van der Waals surface area contributed by atoms with Gasteiger partial charge in [-0.2, -0.15) is 0 Å². The molecule has 1 saturated carbocycles. The van der Waals surface area contributed by atoms with Crippen LogP contribution in [0, 0.1) is 5.92 Å². The van der Waals surface area contributed by atoms with Crippen molar-refractivity contribution in [3.63, 3.8) is 0 Å². The van der Waals surface area contributed by atoms with Crippen LogP contribution in [0.25, 0.3) is 0 Å². The van der Waals surface area contributed by atoms with Crippen LogP contribution in [-0.4, -0.2) is 170 Å². The maximum atomic E-state index is 13.0. The zero-order valence-corrected chi connectivity index (χ0v) is 32.0. The van der Waals surface area contributed by atoms with Gasteiger partial charge in [-0.3, -0.25) is 4.79 Å². The molecule has 0 aromatic heterocycles. The molecule has 17 atom stereocenters. The third-order valence-electron chi connectivity index (χ3n) is 11.3. The molecular weight excluding hydrogens is 732 g/mol. The highest BCUT2D eigenvalue weighted by Gasteiger charge is 2.58. The van der Waals surface area contributed by atoms with Gasteiger partial charge in [-0.15, -0.1) is 0 Å². The smallest absolute Gasteiger partial charge is 0.249 e. The van der Waals surface area contributed by atoms with Gasteiger partial charge in [-0.25, -0.2) is 0 Å². The number of amides is 1. The molecule has 56 heavy (non-hydrogen) atoms. The Morgan fingerprint density at radius 1 is 0.857 bits per heavy atom. The summed E-state index contributed by atoms with van der Waals surface area (Å²) in [6.45, 7) is 1.11. The molecule has 320 valence electrons. The first-order valence-corrected chi connectivity index (χ1v) is 19.9. The fourth-order valence-electron chi connectivity index (χ4n) is 8.18. The van der Waals surface area contributed by atoms with Gasteiger partial charge in [0.15, 0.2) is 12.6 Å². The van der Waals surface area contributed by atoms with Crippen LogP contribution in [0.4, 0.5) is 0 Å². The van der Waals surface area contributed by atoms with E-state index in [9.17, 15) is 25.2 Å². The van der Waals surface area contributed by atoms with Crippen LogP contribution >= 0.6 is 0 Å². The van der Waals surface area contributed by atoms with Gasteiger partial charge in [0.2, 0.25) is 5.91 Å². The maximum Gasteiger partial charge on any atom is 0.249 e. The molecule has 3 heterocycles. The standard InChI is InChI=1S/C37H66N8O11/c38-10-8-25(47)35(50)45-24-14-22(42)31(55-36-21(41)7-6-20(16-39)52-36)29(30(24)49)33-34(51-13-12-44-11-9-19-4-2-1-3-5-19)32(28(18-46)53-33)56-37-23(43)15-26(48)27(17-40)54-37/h1-5,20-34,36-37,44,46-49H,6-18,38-43H2,(H,45,50)/t20-,21+,22-,23+,24+,25-,26-,27-,28+,29?,30-,31+,32+,33-,34?,36+,37+/m0/s1. The number of nitrogens with one attached hydrogen (secondary N) is 2. The normalized spacial score (nSPS) is 39.7. The molecule has 19 nitrogen and oxygen atoms in total. The second kappa shape index (κ2) is 21.9. The van der Waals surface area contributed by atoms with Gasteiger partial charge in [0.05, 0.1) is 68.0 Å². The summed E-state index contributed by atoms with van der Waals surface area (Å²) in [7, 11) is 0. The lowest BCUT2D eigenvalue weighted by Crippen LogP contribution is -2.67. The molecule has 3 aliphatic heterocycles. The van der Waals surface area contributed by atoms with Crippen molar-refractivity contribution < 1.29 is 53.6 Å². The summed E-state index contributed by atoms with van der Waals surface area (Å²) in [5, 5.41) is 50.0. The van der Waals surface area contributed by atoms with Crippen LogP contribution in [0.1, 0.15) is 37.7 Å². The number of nitrogens with two attached hydrogens (primary N) is 6. The van der Waals surface area contributed by atoms with E-state index in [1.54, 1.807) is 0 Å². The molecule has 1 aliphatic carbocycles. The number of ether oxygens (including phenoxy) is 6. The van der Waals surface area contributed by atoms with Gasteiger partial charge in [-0.1, -0.05) is 30.3 Å². The highest BCUT2D eigenvalue weighted by atomic mass is 16.7. The van der Waals surface area contributed by atoms with Crippen molar-refractivity contribution in [1.82, 2.24) is 10.6 Å². The number of aliphatic hydroxyl groups is 4. The predicted molar refractivity (Wildman–Crippen MR) is 203 cm³/mol. The Hall–Kier alpha value is -1.99. The average molecular weight is 799 g/mol. The molecule has 5 rings (SSSR count). The Kier molecular flexibility index (Phi) is 17.6. The maximum absolute atomic E-state index is 13.0. The molecule has 4 fully saturated rings. The highest BCUT2D eigenvalue weighted by molar-refractivity contribution is 5.80. The van der Waals surface area contributed by atoms with Gasteiger partial charge >= 0.3 is 0 Å². The molecule has 18 N–H and O–H groups in total. The summed E-state index contributed by atoms with van der Waals surface area (Å²) in [6, 6.07) is 7.00. The third-order valence-corrected chi connectivity index (χ3v) is 11.3. The number of carbonyl (C=O) groups is 1. The molecule has 0 bridgehead atoms. The van der Waals surface area contributed by atoms with Crippen molar-refractivity contribution >= 4 is 5.91 Å². The number of rotatable bonds is 19. The largest absolute Gasteiger partial charge is 0.394 e. The number of hydrogen-bond acceptors (Lipinski definition) is 18. The van der Waals surface area contributed by atoms with Crippen molar-refractivity contribution in [1.29, 1.82) is 0 Å². The third kappa shape index (κ3) is 11.4. The van der Waals surface area contributed by atoms with Gasteiger partial charge < -0.3 is 93.9 Å². The molecular formula is C37H66N8O11. The van der Waals surface area contributed by atoms with Gasteiger partial charge in [0.1, 0.15) is 24.4 Å². The second-order valence-electron chi connectivity index (χ2n) is 15.4. The molecule has 1 aromatic carbocycles. The number of carbonyl (C=O) groups excluding carboxylic acids is 1. The molecule has 4 aliphatic rings. The molecule has 2 unspecified atom stereocenters. The monoisotopic (exact) mass is 798 g/mol. The van der Waals surface area contributed by atoms with E-state index in [0.717, 1.165) is 6.42 Å². The van der Waals surface area contributed by atoms with Crippen LogP contribution < -0.4 is 45.0 Å². The summed E-state index contributed by atoms with van der Waals surface area (Å²) in [4.78, 5) is 13.0. The van der Waals surface area contributed by atoms with Gasteiger partial charge in [-0.05, 0) is 57.2 Å². The Balaban J connectivity index is 1.43. The lowest BCUT2D eigenvalue weighted by atomic mass is 9.73. The summed E-state index contributed by atoms with van der Waals surface area (Å²) < 4.78 is 38.3. The van der Waals surface area contributed by atoms with Crippen molar-refractivity contribution in [3.05, 3.63) is 35.9 Å². The summed E-state index contributed by atoms with van der Waals surface area (Å²) in [5.41, 5.74) is 38.3. The minimum absolute atomic E-state index is 0.0146. The van der Waals surface area contributed by atoms with E-state index in [4.69, 9.17) is 62.8 Å². The van der Waals surface area contributed by atoms with E-state index >= 15 is 0 Å². The summed E-state index contributed by atoms with van der Waals surface area (Å²) in [5.74, 6) is -1.74. The molecule has 1 amide bonds. The highest BCUT2D eigenvalue weighted by Crippen LogP contribution is 2.41. The fourth-order valence-corrected chi connectivity index (χ4v) is 8.18. The van der Waals surface area contributed by atoms with E-state index in [-0.39, 0.29) is 51.6 Å². The van der Waals surface area contributed by atoms with Crippen LogP contribution in [0.5, 0.6) is 0 Å². The van der Waals surface area contributed by atoms with Crippen LogP contribution in [-0.2, 0) is 39.6 Å². The summed E-state index contributed by atoms with van der Waals surface area (Å²) in [6.07, 6.45) is -9.46. The SMILES string of the molecule is NCC[C@H](O)C(=O)N[C@@H]1C[C@H](N)[C@@H](O[C@H]2O[C@H](CN)CC[C@H]2N)C([C@@H]2O[C@H](CO)[C@@H](O[C@H]3O[C@@H](CN)[C@@H](O)C[C@H]3N)C2OCCNCCc2ccccc2)[C@H]1O. The lowest BCUT2D eigenvalue weighted by Gasteiger charge is -2.48. The van der Waals surface area contributed by atoms with E-state index in [1.807, 2.05) is 18.2 Å². The number of aliphatic hydroxyl groups excluding tert-OH is 4. The molecule has 19 heteroatoms. The van der Waals surface area contributed by atoms with E-state index in [2.05, 4.69) is 22.8 Å². The quantitative estimate of drug-likeness (QED) is 0.0584. The van der Waals surface area contributed by atoms with Crippen LogP contribution in [0.15, 0.2) is 30.3 Å². The Morgan fingerprint density at radius 2 is 1.59 bits per heavy atom. The topological polar surface area (TPSA) is 334 Å². The minimum Gasteiger partial charge on any atom is -0.394 e. The Labute approximate surface area is 328 Å². The molecule has 0 spiro atoms. The van der Waals surface area contributed by atoms with Crippen LogP contribution in [0.3, 0.4) is 0 Å². The van der Waals surface area contributed by atoms with Crippen LogP contribution in [0.2, 0.25) is 0 Å². The van der Waals surface area contributed by atoms with Gasteiger partial charge in [0.25, 0.3) is 0 Å². The number of hydrogen-bond donors (Lipinski definition) is 12. The van der Waals surface area contributed by atoms with Crippen molar-refractivity contribution in [3.8, 4) is 0 Å². The Morgan fingerprint density at radius 3 is 2.29 bits per heavy atom. The average Bonchev–Trinajstić information content (AvgIpc) is 3.53. The van der Waals surface area contributed by atoms with E-state index in [1.165, 1.54) is 5.56 Å². The molecule has 0 radical (unpaired) electrons. The van der Waals surface area contributed by atoms with Crippen molar-refractivity contribution in [2.45, 2.75) is 136 Å². The zero-order valence-electron chi connectivity index (χ0n) is 32.0. The first-order chi connectivity index (χ1) is 27.0. The van der Waals surface area contributed by atoms with Crippen molar-refractivity contribution in [2.24, 2.45) is 40.3 Å². The molecule has 1 aromatic rings. The van der Waals surface area contributed by atoms with E-state index in [0.29, 0.717) is 25.9 Å². The fraction of sp³-hybridized carbons (Fsp3) is 0.811. The first kappa shape index (κ1) is 45.1. The van der Waals surface area contributed by atoms with Crippen molar-refractivity contribution in [2.75, 3.05) is 45.9 Å². The second-order valence-corrected chi connectivity index (χ2v) is 15.4. The summed E-state index contributed by atoms with van der Waals surface area (Å²) >= 11 is 0. The zero-order chi connectivity index (χ0) is 40.4.